The van der Waals surface area contributed by atoms with Gasteiger partial charge in [0, 0.05) is 0 Å². The quantitative estimate of drug-likeness (QED) is 0.685. The summed E-state index contributed by atoms with van der Waals surface area (Å²) in [5, 5.41) is 5.76. The van der Waals surface area contributed by atoms with Gasteiger partial charge < -0.3 is 9.26 Å². The molecule has 0 bridgehead atoms. The number of carbonyl (C=O) groups is 1. The van der Waals surface area contributed by atoms with Crippen LogP contribution in [0.2, 0.25) is 0 Å². The number of rotatable bonds is 3. The highest BCUT2D eigenvalue weighted by Crippen LogP contribution is 2.20. The lowest BCUT2D eigenvalue weighted by molar-refractivity contribution is 0.0473. The minimum absolute atomic E-state index is 0.170. The molecule has 0 fully saturated rings. The van der Waals surface area contributed by atoms with Gasteiger partial charge in [-0.1, -0.05) is 41.6 Å². The zero-order valence-corrected chi connectivity index (χ0v) is 11.9. The molecule has 0 aliphatic rings. The predicted molar refractivity (Wildman–Crippen MR) is 79.0 cm³/mol. The summed E-state index contributed by atoms with van der Waals surface area (Å²) in [5.41, 5.74) is 2.14. The van der Waals surface area contributed by atoms with Crippen molar-refractivity contribution in [2.24, 2.45) is 0 Å². The van der Waals surface area contributed by atoms with Gasteiger partial charge in [0.25, 0.3) is 0 Å². The van der Waals surface area contributed by atoms with Crippen molar-refractivity contribution in [3.8, 4) is 0 Å². The first kappa shape index (κ1) is 13.4. The van der Waals surface area contributed by atoms with Crippen LogP contribution >= 0.6 is 0 Å². The fraction of sp³-hybridized carbons (Fsp3) is 0.176. The van der Waals surface area contributed by atoms with Gasteiger partial charge in [-0.15, -0.1) is 0 Å². The molecule has 1 aromatic heterocycles. The van der Waals surface area contributed by atoms with Crippen LogP contribution in [0, 0.1) is 13.8 Å². The maximum Gasteiger partial charge on any atom is 0.339 e. The van der Waals surface area contributed by atoms with Gasteiger partial charge in [0.05, 0.1) is 16.8 Å². The molecule has 0 amide bonds. The first-order chi connectivity index (χ1) is 10.2. The van der Waals surface area contributed by atoms with Gasteiger partial charge in [0.2, 0.25) is 0 Å². The molecule has 0 atom stereocenters. The lowest BCUT2D eigenvalue weighted by atomic mass is 10.0. The van der Waals surface area contributed by atoms with Crippen molar-refractivity contribution in [2.45, 2.75) is 20.5 Å². The molecular weight excluding hydrogens is 266 g/mol. The van der Waals surface area contributed by atoms with Crippen LogP contribution in [0.25, 0.3) is 10.8 Å². The highest BCUT2D eigenvalue weighted by atomic mass is 16.5. The number of ether oxygens (including phenoxy) is 1. The summed E-state index contributed by atoms with van der Waals surface area (Å²) in [5.74, 6) is 0.338. The van der Waals surface area contributed by atoms with Crippen molar-refractivity contribution in [3.63, 3.8) is 0 Å². The summed E-state index contributed by atoms with van der Waals surface area (Å²) in [4.78, 5) is 12.3. The van der Waals surface area contributed by atoms with E-state index in [-0.39, 0.29) is 12.6 Å². The van der Waals surface area contributed by atoms with E-state index in [0.717, 1.165) is 22.0 Å². The van der Waals surface area contributed by atoms with E-state index in [2.05, 4.69) is 5.16 Å². The van der Waals surface area contributed by atoms with E-state index in [1.54, 1.807) is 13.0 Å². The molecule has 4 nitrogen and oxygen atoms in total. The van der Waals surface area contributed by atoms with Crippen molar-refractivity contribution in [1.82, 2.24) is 5.16 Å². The van der Waals surface area contributed by atoms with E-state index < -0.39 is 0 Å². The Balaban J connectivity index is 1.85. The van der Waals surface area contributed by atoms with E-state index in [0.29, 0.717) is 11.3 Å². The van der Waals surface area contributed by atoms with Crippen LogP contribution < -0.4 is 0 Å². The third-order valence-electron chi connectivity index (χ3n) is 3.54. The van der Waals surface area contributed by atoms with Crippen LogP contribution in [0.3, 0.4) is 0 Å². The Morgan fingerprint density at radius 2 is 1.90 bits per heavy atom. The average molecular weight is 281 g/mol. The van der Waals surface area contributed by atoms with Gasteiger partial charge in [0.1, 0.15) is 12.4 Å². The smallest absolute Gasteiger partial charge is 0.339 e. The SMILES string of the molecule is Cc1noc(C)c1COC(=O)c1cccc2ccccc12. The number of esters is 1. The van der Waals surface area contributed by atoms with E-state index in [4.69, 9.17) is 9.26 Å². The number of hydrogen-bond donors (Lipinski definition) is 0. The van der Waals surface area contributed by atoms with Gasteiger partial charge in [-0.25, -0.2) is 4.79 Å². The monoisotopic (exact) mass is 281 g/mol. The molecule has 21 heavy (non-hydrogen) atoms. The Labute approximate surface area is 122 Å². The minimum Gasteiger partial charge on any atom is -0.457 e. The van der Waals surface area contributed by atoms with Crippen molar-refractivity contribution in [2.75, 3.05) is 0 Å². The number of nitrogens with zero attached hydrogens (tertiary/aromatic N) is 1. The number of fused-ring (bicyclic) bond motifs is 1. The van der Waals surface area contributed by atoms with Crippen LogP contribution in [0.15, 0.2) is 47.0 Å². The first-order valence-electron chi connectivity index (χ1n) is 6.73. The molecule has 0 saturated carbocycles. The topological polar surface area (TPSA) is 52.3 Å². The molecule has 0 radical (unpaired) electrons. The Kier molecular flexibility index (Phi) is 3.44. The van der Waals surface area contributed by atoms with Crippen molar-refractivity contribution >= 4 is 16.7 Å². The molecule has 0 spiro atoms. The highest BCUT2D eigenvalue weighted by molar-refractivity contribution is 6.04. The molecule has 3 rings (SSSR count). The normalized spacial score (nSPS) is 10.8. The summed E-state index contributed by atoms with van der Waals surface area (Å²) in [6, 6.07) is 13.4. The van der Waals surface area contributed by atoms with Crippen LogP contribution in [-0.4, -0.2) is 11.1 Å². The number of benzene rings is 2. The number of aromatic nitrogens is 1. The molecule has 1 heterocycles. The summed E-state index contributed by atoms with van der Waals surface area (Å²) < 4.78 is 10.5. The zero-order valence-electron chi connectivity index (χ0n) is 11.9. The zero-order chi connectivity index (χ0) is 14.8. The van der Waals surface area contributed by atoms with E-state index in [9.17, 15) is 4.79 Å². The van der Waals surface area contributed by atoms with E-state index >= 15 is 0 Å². The molecule has 0 N–H and O–H groups in total. The largest absolute Gasteiger partial charge is 0.457 e. The molecule has 2 aromatic carbocycles. The molecule has 4 heteroatoms. The highest BCUT2D eigenvalue weighted by Gasteiger charge is 2.14. The lowest BCUT2D eigenvalue weighted by Crippen LogP contribution is -2.06. The molecule has 0 unspecified atom stereocenters. The Bertz CT molecular complexity index is 780. The van der Waals surface area contributed by atoms with Crippen molar-refractivity contribution < 1.29 is 14.1 Å². The second-order valence-corrected chi connectivity index (χ2v) is 4.91. The van der Waals surface area contributed by atoms with Gasteiger partial charge in [-0.05, 0) is 30.7 Å². The molecule has 0 saturated heterocycles. The minimum atomic E-state index is -0.341. The molecule has 106 valence electrons. The molecule has 0 aliphatic heterocycles. The Hall–Kier alpha value is -2.62. The number of hydrogen-bond acceptors (Lipinski definition) is 4. The van der Waals surface area contributed by atoms with Crippen molar-refractivity contribution in [1.29, 1.82) is 0 Å². The van der Waals surface area contributed by atoms with Gasteiger partial charge in [-0.2, -0.15) is 0 Å². The maximum absolute atomic E-state index is 12.3. The van der Waals surface area contributed by atoms with E-state index in [1.165, 1.54) is 0 Å². The Morgan fingerprint density at radius 3 is 2.67 bits per heavy atom. The van der Waals surface area contributed by atoms with Crippen LogP contribution in [0.1, 0.15) is 27.4 Å². The average Bonchev–Trinajstić information content (AvgIpc) is 2.83. The molecule has 0 aliphatic carbocycles. The standard InChI is InChI=1S/C17H15NO3/c1-11-16(12(2)21-18-11)10-20-17(19)15-9-5-7-13-6-3-4-8-14(13)15/h3-9H,10H2,1-2H3. The number of carbonyl (C=O) groups excluding carboxylic acids is 1. The molecule has 3 aromatic rings. The summed E-state index contributed by atoms with van der Waals surface area (Å²) in [6.07, 6.45) is 0. The third-order valence-corrected chi connectivity index (χ3v) is 3.54. The maximum atomic E-state index is 12.3. The van der Waals surface area contributed by atoms with Gasteiger partial charge in [-0.3, -0.25) is 0 Å². The van der Waals surface area contributed by atoms with Crippen molar-refractivity contribution in [3.05, 3.63) is 65.0 Å². The summed E-state index contributed by atoms with van der Waals surface area (Å²) >= 11 is 0. The van der Waals surface area contributed by atoms with E-state index in [1.807, 2.05) is 43.3 Å². The second-order valence-electron chi connectivity index (χ2n) is 4.91. The summed E-state index contributed by atoms with van der Waals surface area (Å²) in [7, 11) is 0. The predicted octanol–water partition coefficient (Wildman–Crippen LogP) is 3.80. The summed E-state index contributed by atoms with van der Waals surface area (Å²) in [6.45, 7) is 3.81. The van der Waals surface area contributed by atoms with Gasteiger partial charge in [0.15, 0.2) is 0 Å². The first-order valence-corrected chi connectivity index (χ1v) is 6.73. The third kappa shape index (κ3) is 2.52. The molecular formula is C17H15NO3. The lowest BCUT2D eigenvalue weighted by Gasteiger charge is -2.07. The fourth-order valence-corrected chi connectivity index (χ4v) is 2.33. The van der Waals surface area contributed by atoms with Crippen LogP contribution in [-0.2, 0) is 11.3 Å². The van der Waals surface area contributed by atoms with Gasteiger partial charge >= 0.3 is 5.97 Å². The van der Waals surface area contributed by atoms with Crippen LogP contribution in [0.5, 0.6) is 0 Å². The fourth-order valence-electron chi connectivity index (χ4n) is 2.33. The Morgan fingerprint density at radius 1 is 1.14 bits per heavy atom. The second kappa shape index (κ2) is 5.40. The number of aryl methyl sites for hydroxylation is 2. The van der Waals surface area contributed by atoms with Crippen LogP contribution in [0.4, 0.5) is 0 Å².